The zero-order chi connectivity index (χ0) is 13.3. The predicted molar refractivity (Wildman–Crippen MR) is 63.6 cm³/mol. The zero-order valence-electron chi connectivity index (χ0n) is 10.7. The van der Waals surface area contributed by atoms with Gasteiger partial charge in [-0.2, -0.15) is 0 Å². The quantitative estimate of drug-likeness (QED) is 0.703. The van der Waals surface area contributed by atoms with E-state index in [0.29, 0.717) is 25.2 Å². The van der Waals surface area contributed by atoms with Gasteiger partial charge in [0.25, 0.3) is 0 Å². The second-order valence-electron chi connectivity index (χ2n) is 5.12. The van der Waals surface area contributed by atoms with Crippen LogP contribution >= 0.6 is 0 Å². The minimum atomic E-state index is -0.575. The van der Waals surface area contributed by atoms with Gasteiger partial charge in [-0.3, -0.25) is 9.69 Å². The molecule has 0 saturated heterocycles. The van der Waals surface area contributed by atoms with E-state index in [4.69, 9.17) is 4.74 Å². The maximum Gasteiger partial charge on any atom is 0.416 e. The average molecular weight is 252 g/mol. The summed E-state index contributed by atoms with van der Waals surface area (Å²) in [6.45, 7) is 6.54. The molecule has 0 radical (unpaired) electrons. The van der Waals surface area contributed by atoms with Gasteiger partial charge in [0.2, 0.25) is 0 Å². The highest BCUT2D eigenvalue weighted by Crippen LogP contribution is 2.24. The first-order chi connectivity index (χ1) is 8.42. The second-order valence-corrected chi connectivity index (χ2v) is 5.12. The number of anilines is 1. The van der Waals surface area contributed by atoms with Crippen LogP contribution in [-0.2, 0) is 11.3 Å². The van der Waals surface area contributed by atoms with E-state index in [1.54, 1.807) is 25.5 Å². The molecule has 0 unspecified atom stereocenters. The number of carbonyl (C=O) groups is 2. The first kappa shape index (κ1) is 12.5. The minimum absolute atomic E-state index is 0.167. The molecule has 0 bridgehead atoms. The molecule has 1 aromatic rings. The summed E-state index contributed by atoms with van der Waals surface area (Å²) in [6, 6.07) is 0. The molecule has 2 heterocycles. The largest absolute Gasteiger partial charge is 0.443 e. The van der Waals surface area contributed by atoms with Crippen LogP contribution in [0.5, 0.6) is 0 Å². The van der Waals surface area contributed by atoms with Crippen molar-refractivity contribution in [3.05, 3.63) is 5.69 Å². The Morgan fingerprint density at radius 3 is 2.72 bits per heavy atom. The number of ether oxygens (including phenoxy) is 1. The third-order valence-electron chi connectivity index (χ3n) is 2.47. The third kappa shape index (κ3) is 2.34. The van der Waals surface area contributed by atoms with Gasteiger partial charge in [-0.1, -0.05) is 5.21 Å². The Morgan fingerprint density at radius 1 is 1.39 bits per heavy atom. The van der Waals surface area contributed by atoms with Crippen molar-refractivity contribution in [2.45, 2.75) is 39.3 Å². The Bertz CT molecular complexity index is 475. The number of rotatable bonds is 1. The highest BCUT2D eigenvalue weighted by molar-refractivity contribution is 5.92. The molecule has 0 aliphatic carbocycles. The smallest absolute Gasteiger partial charge is 0.416 e. The lowest BCUT2D eigenvalue weighted by Crippen LogP contribution is -2.41. The molecule has 0 aromatic carbocycles. The molecule has 0 spiro atoms. The highest BCUT2D eigenvalue weighted by Gasteiger charge is 2.31. The zero-order valence-corrected chi connectivity index (χ0v) is 10.7. The van der Waals surface area contributed by atoms with E-state index in [-0.39, 0.29) is 5.69 Å². The van der Waals surface area contributed by atoms with Crippen molar-refractivity contribution in [1.29, 1.82) is 0 Å². The molecule has 0 N–H and O–H groups in total. The van der Waals surface area contributed by atoms with E-state index >= 15 is 0 Å². The standard InChI is InChI=1S/C11H16N4O3/c1-11(2,3)18-10(17)14-5-4-6-15-9(14)8(7-16)12-13-15/h7H,4-6H2,1-3H3. The van der Waals surface area contributed by atoms with Gasteiger partial charge in [-0.05, 0) is 27.2 Å². The molecule has 0 atom stereocenters. The van der Waals surface area contributed by atoms with E-state index in [2.05, 4.69) is 10.3 Å². The Morgan fingerprint density at radius 2 is 2.11 bits per heavy atom. The lowest BCUT2D eigenvalue weighted by molar-refractivity contribution is 0.0572. The second kappa shape index (κ2) is 4.40. The first-order valence-electron chi connectivity index (χ1n) is 5.81. The number of nitrogens with zero attached hydrogens (tertiary/aromatic N) is 4. The molecule has 98 valence electrons. The van der Waals surface area contributed by atoms with Crippen LogP contribution in [0, 0.1) is 0 Å². The molecule has 1 amide bonds. The van der Waals surface area contributed by atoms with Gasteiger partial charge in [0, 0.05) is 13.1 Å². The third-order valence-corrected chi connectivity index (χ3v) is 2.47. The lowest BCUT2D eigenvalue weighted by atomic mass is 10.2. The van der Waals surface area contributed by atoms with Crippen molar-refractivity contribution in [3.63, 3.8) is 0 Å². The van der Waals surface area contributed by atoms with E-state index < -0.39 is 11.7 Å². The Hall–Kier alpha value is -1.92. The average Bonchev–Trinajstić information content (AvgIpc) is 2.69. The van der Waals surface area contributed by atoms with Crippen molar-refractivity contribution in [2.75, 3.05) is 11.4 Å². The Kier molecular flexibility index (Phi) is 3.06. The molecular weight excluding hydrogens is 236 g/mol. The molecule has 7 heteroatoms. The van der Waals surface area contributed by atoms with Gasteiger partial charge in [-0.15, -0.1) is 5.10 Å². The normalized spacial score (nSPS) is 15.2. The topological polar surface area (TPSA) is 77.3 Å². The number of hydrogen-bond acceptors (Lipinski definition) is 5. The summed E-state index contributed by atoms with van der Waals surface area (Å²) in [7, 11) is 0. The monoisotopic (exact) mass is 252 g/mol. The fourth-order valence-corrected chi connectivity index (χ4v) is 1.81. The predicted octanol–water partition coefficient (Wildman–Crippen LogP) is 1.24. The Labute approximate surface area is 105 Å². The summed E-state index contributed by atoms with van der Waals surface area (Å²) in [5, 5.41) is 7.58. The van der Waals surface area contributed by atoms with Gasteiger partial charge in [0.1, 0.15) is 5.60 Å². The van der Waals surface area contributed by atoms with Crippen LogP contribution in [0.25, 0.3) is 0 Å². The first-order valence-corrected chi connectivity index (χ1v) is 5.81. The number of aromatic nitrogens is 3. The van der Waals surface area contributed by atoms with Gasteiger partial charge in [-0.25, -0.2) is 9.48 Å². The van der Waals surface area contributed by atoms with Crippen LogP contribution in [0.15, 0.2) is 0 Å². The molecular formula is C11H16N4O3. The maximum absolute atomic E-state index is 12.1. The number of fused-ring (bicyclic) bond motifs is 1. The number of amides is 1. The number of aryl methyl sites for hydroxylation is 1. The van der Waals surface area contributed by atoms with Crippen molar-refractivity contribution in [2.24, 2.45) is 0 Å². The number of carbonyl (C=O) groups excluding carboxylic acids is 2. The molecule has 0 saturated carbocycles. The van der Waals surface area contributed by atoms with Gasteiger partial charge < -0.3 is 4.74 Å². The van der Waals surface area contributed by atoms with Crippen LogP contribution in [0.4, 0.5) is 10.6 Å². The minimum Gasteiger partial charge on any atom is -0.443 e. The van der Waals surface area contributed by atoms with Crippen LogP contribution < -0.4 is 4.90 Å². The molecule has 2 rings (SSSR count). The van der Waals surface area contributed by atoms with E-state index in [9.17, 15) is 9.59 Å². The van der Waals surface area contributed by atoms with Crippen LogP contribution in [0.2, 0.25) is 0 Å². The summed E-state index contributed by atoms with van der Waals surface area (Å²) in [4.78, 5) is 24.4. The summed E-state index contributed by atoms with van der Waals surface area (Å²) in [5.41, 5.74) is -0.408. The molecule has 1 aliphatic heterocycles. The molecule has 0 fully saturated rings. The summed E-state index contributed by atoms with van der Waals surface area (Å²) in [5.74, 6) is 0.422. The SMILES string of the molecule is CC(C)(C)OC(=O)N1CCCn2nnc(C=O)c21. The highest BCUT2D eigenvalue weighted by atomic mass is 16.6. The van der Waals surface area contributed by atoms with E-state index in [1.807, 2.05) is 0 Å². The van der Waals surface area contributed by atoms with E-state index in [0.717, 1.165) is 6.42 Å². The molecule has 1 aromatic heterocycles. The van der Waals surface area contributed by atoms with Crippen molar-refractivity contribution in [1.82, 2.24) is 15.0 Å². The van der Waals surface area contributed by atoms with Gasteiger partial charge >= 0.3 is 6.09 Å². The fraction of sp³-hybridized carbons (Fsp3) is 0.636. The molecule has 7 nitrogen and oxygen atoms in total. The van der Waals surface area contributed by atoms with Crippen molar-refractivity contribution < 1.29 is 14.3 Å². The molecule has 18 heavy (non-hydrogen) atoms. The number of hydrogen-bond donors (Lipinski definition) is 0. The van der Waals surface area contributed by atoms with Crippen LogP contribution in [-0.4, -0.2) is 39.5 Å². The van der Waals surface area contributed by atoms with Crippen molar-refractivity contribution in [3.8, 4) is 0 Å². The Balaban J connectivity index is 2.29. The maximum atomic E-state index is 12.1. The lowest BCUT2D eigenvalue weighted by Gasteiger charge is -2.30. The van der Waals surface area contributed by atoms with Crippen molar-refractivity contribution >= 4 is 18.2 Å². The summed E-state index contributed by atoms with van der Waals surface area (Å²) in [6.07, 6.45) is 0.879. The summed E-state index contributed by atoms with van der Waals surface area (Å²) >= 11 is 0. The molecule has 1 aliphatic rings. The van der Waals surface area contributed by atoms with E-state index in [1.165, 1.54) is 4.90 Å². The van der Waals surface area contributed by atoms with Crippen LogP contribution in [0.3, 0.4) is 0 Å². The summed E-state index contributed by atoms with van der Waals surface area (Å²) < 4.78 is 6.86. The fourth-order valence-electron chi connectivity index (χ4n) is 1.81. The van der Waals surface area contributed by atoms with Gasteiger partial charge in [0.15, 0.2) is 17.8 Å². The number of aldehydes is 1. The van der Waals surface area contributed by atoms with Crippen LogP contribution in [0.1, 0.15) is 37.7 Å². The van der Waals surface area contributed by atoms with Gasteiger partial charge in [0.05, 0.1) is 0 Å².